The van der Waals surface area contributed by atoms with Crippen molar-refractivity contribution in [3.05, 3.63) is 62.4 Å². The van der Waals surface area contributed by atoms with Gasteiger partial charge in [-0.1, -0.05) is 109 Å². The van der Waals surface area contributed by atoms with Crippen molar-refractivity contribution in [3.8, 4) is 11.5 Å². The number of carbonyl (C=O) groups excluding carboxylic acids is 1. The zero-order valence-corrected chi connectivity index (χ0v) is 40.4. The minimum absolute atomic E-state index is 0.0712. The summed E-state index contributed by atoms with van der Waals surface area (Å²) in [7, 11) is -2.35. The standard InChI is InChI=1S/C29H50O2.C12H16F3N.C5H8N4O3S2/c1-20(2)12-9-13-21(3)14-10-15-22(4)16-11-18-29(8)19-17-26-25(7)27(30)23(5)24(6)28(26)31-29;1-3-16-9(2)7-10-5-4-6-11(8-10)12(13,14)15;1-3(10)7-4-9(2)8-5(13-4)14(6,11)12/h20-22,30H,9-19H2,1-8H3;4-6,8-9,16H,3,7H2,1-2H3;1-2H3,(H2,6,11,12)/t21-,22-,29-;9-;/m10./s1. The number of nitrogens with one attached hydrogen (secondary N) is 1. The molecule has 1 aliphatic heterocycles. The minimum Gasteiger partial charge on any atom is -0.507 e. The van der Waals surface area contributed by atoms with Gasteiger partial charge in [-0.2, -0.15) is 18.2 Å². The maximum absolute atomic E-state index is 12.4. The number of nitrogens with two attached hydrogens (primary N) is 1. The number of alkyl halides is 3. The number of benzene rings is 2. The summed E-state index contributed by atoms with van der Waals surface area (Å²) in [4.78, 5) is 14.4. The second-order valence-electron chi connectivity index (χ2n) is 17.8. The number of hydrogen-bond donors (Lipinski definition) is 3. The molecular formula is C46H74F3N5O5S2. The van der Waals surface area contributed by atoms with Gasteiger partial charge in [0.2, 0.25) is 15.0 Å². The Balaban J connectivity index is 0.000000355. The highest BCUT2D eigenvalue weighted by molar-refractivity contribution is 7.91. The highest BCUT2D eigenvalue weighted by Gasteiger charge is 2.34. The van der Waals surface area contributed by atoms with Crippen LogP contribution in [0.25, 0.3) is 0 Å². The molecule has 1 amide bonds. The minimum atomic E-state index is -4.25. The summed E-state index contributed by atoms with van der Waals surface area (Å²) in [5.74, 6) is 3.61. The van der Waals surface area contributed by atoms with Crippen LogP contribution in [0, 0.1) is 38.5 Å². The van der Waals surface area contributed by atoms with Crippen molar-refractivity contribution in [3.63, 3.8) is 0 Å². The maximum atomic E-state index is 12.4. The number of aromatic hydroxyl groups is 1. The molecule has 0 aliphatic carbocycles. The zero-order valence-electron chi connectivity index (χ0n) is 38.8. The molecule has 4 rings (SSSR count). The van der Waals surface area contributed by atoms with Crippen molar-refractivity contribution in [1.82, 2.24) is 15.1 Å². The Kier molecular flexibility index (Phi) is 21.7. The lowest BCUT2D eigenvalue weighted by Crippen LogP contribution is -2.37. The first-order valence-electron chi connectivity index (χ1n) is 21.8. The van der Waals surface area contributed by atoms with Gasteiger partial charge >= 0.3 is 6.18 Å². The van der Waals surface area contributed by atoms with E-state index in [9.17, 15) is 31.5 Å². The second kappa shape index (κ2) is 24.5. The van der Waals surface area contributed by atoms with E-state index in [2.05, 4.69) is 57.0 Å². The Morgan fingerprint density at radius 3 is 2.13 bits per heavy atom. The summed E-state index contributed by atoms with van der Waals surface area (Å²) in [5, 5.41) is 22.0. The number of carbonyl (C=O) groups is 1. The number of likely N-dealkylation sites (N-methyl/N-ethyl adjacent to an activating group) is 1. The third kappa shape index (κ3) is 18.5. The van der Waals surface area contributed by atoms with E-state index in [0.717, 1.165) is 83.4 Å². The van der Waals surface area contributed by atoms with Crippen LogP contribution in [0.5, 0.6) is 11.5 Å². The third-order valence-corrected chi connectivity index (χ3v) is 13.7. The van der Waals surface area contributed by atoms with Gasteiger partial charge in [0, 0.05) is 25.6 Å². The number of sulfonamides is 1. The molecule has 10 nitrogen and oxygen atoms in total. The number of halogens is 3. The van der Waals surface area contributed by atoms with E-state index in [1.165, 1.54) is 87.7 Å². The number of hydrogen-bond acceptors (Lipinski definition) is 8. The van der Waals surface area contributed by atoms with Gasteiger partial charge in [-0.25, -0.2) is 18.2 Å². The van der Waals surface area contributed by atoms with Crippen LogP contribution >= 0.6 is 11.3 Å². The quantitative estimate of drug-likeness (QED) is 0.122. The van der Waals surface area contributed by atoms with Gasteiger partial charge in [-0.3, -0.25) is 4.79 Å². The first-order valence-corrected chi connectivity index (χ1v) is 24.2. The molecule has 0 fully saturated rings. The van der Waals surface area contributed by atoms with Gasteiger partial charge in [-0.05, 0) is 119 Å². The second-order valence-corrected chi connectivity index (χ2v) is 20.4. The summed E-state index contributed by atoms with van der Waals surface area (Å²) >= 11 is 0.746. The lowest BCUT2D eigenvalue weighted by atomic mass is 9.84. The number of ether oxygens (including phenoxy) is 1. The van der Waals surface area contributed by atoms with E-state index in [0.29, 0.717) is 17.7 Å². The van der Waals surface area contributed by atoms with Crippen molar-refractivity contribution in [2.75, 3.05) is 6.54 Å². The van der Waals surface area contributed by atoms with Gasteiger partial charge < -0.3 is 15.2 Å². The van der Waals surface area contributed by atoms with Crippen LogP contribution in [0.4, 0.5) is 13.2 Å². The molecule has 4 atom stereocenters. The lowest BCUT2D eigenvalue weighted by Gasteiger charge is -2.38. The van der Waals surface area contributed by atoms with Crippen molar-refractivity contribution < 1.29 is 36.2 Å². The lowest BCUT2D eigenvalue weighted by molar-refractivity contribution is -0.137. The van der Waals surface area contributed by atoms with Crippen LogP contribution in [0.3, 0.4) is 0 Å². The van der Waals surface area contributed by atoms with Gasteiger partial charge in [0.1, 0.15) is 17.1 Å². The summed E-state index contributed by atoms with van der Waals surface area (Å²) in [5.41, 5.74) is 4.36. The molecule has 0 unspecified atom stereocenters. The Bertz CT molecular complexity index is 2030. The molecule has 0 spiro atoms. The Morgan fingerprint density at radius 2 is 1.61 bits per heavy atom. The molecule has 2 heterocycles. The Hall–Kier alpha value is -3.27. The van der Waals surface area contributed by atoms with Crippen molar-refractivity contribution >= 4 is 27.3 Å². The van der Waals surface area contributed by atoms with Crippen molar-refractivity contribution in [2.24, 2.45) is 34.9 Å². The molecule has 61 heavy (non-hydrogen) atoms. The number of primary sulfonamides is 1. The van der Waals surface area contributed by atoms with Crippen LogP contribution in [0.15, 0.2) is 33.6 Å². The van der Waals surface area contributed by atoms with Crippen molar-refractivity contribution in [1.29, 1.82) is 0 Å². The maximum Gasteiger partial charge on any atom is 0.416 e. The molecule has 0 saturated heterocycles. The average Bonchev–Trinajstić information content (AvgIpc) is 3.53. The highest BCUT2D eigenvalue weighted by atomic mass is 32.2. The van der Waals surface area contributed by atoms with Crippen LogP contribution in [-0.4, -0.2) is 47.4 Å². The summed E-state index contributed by atoms with van der Waals surface area (Å²) in [6.45, 7) is 24.0. The van der Waals surface area contributed by atoms with Gasteiger partial charge in [0.15, 0.2) is 0 Å². The van der Waals surface area contributed by atoms with Crippen LogP contribution < -0.4 is 20.0 Å². The molecule has 1 aliphatic rings. The molecule has 0 bridgehead atoms. The van der Waals surface area contributed by atoms with Gasteiger partial charge in [0.25, 0.3) is 10.0 Å². The van der Waals surface area contributed by atoms with Crippen molar-refractivity contribution in [2.45, 2.75) is 175 Å². The number of aryl methyl sites for hydroxylation is 1. The molecule has 0 saturated carbocycles. The molecule has 4 N–H and O–H groups in total. The molecule has 346 valence electrons. The number of nitrogens with zero attached hydrogens (tertiary/aromatic N) is 3. The number of phenols is 1. The molecular weight excluding hydrogens is 824 g/mol. The zero-order chi connectivity index (χ0) is 46.3. The fraction of sp³-hybridized carbons (Fsp3) is 0.674. The summed E-state index contributed by atoms with van der Waals surface area (Å²) in [6.07, 6.45) is 10.4. The number of aromatic nitrogens is 2. The molecule has 1 aromatic heterocycles. The van der Waals surface area contributed by atoms with E-state index in [1.807, 2.05) is 27.7 Å². The third-order valence-electron chi connectivity index (χ3n) is 11.4. The fourth-order valence-electron chi connectivity index (χ4n) is 7.60. The Labute approximate surface area is 368 Å². The first-order chi connectivity index (χ1) is 28.3. The predicted molar refractivity (Wildman–Crippen MR) is 241 cm³/mol. The van der Waals surface area contributed by atoms with E-state index in [1.54, 1.807) is 6.07 Å². The van der Waals surface area contributed by atoms with E-state index in [4.69, 9.17) is 9.88 Å². The van der Waals surface area contributed by atoms with Crippen LogP contribution in [0.1, 0.15) is 153 Å². The first kappa shape index (κ1) is 53.9. The smallest absolute Gasteiger partial charge is 0.416 e. The molecule has 0 radical (unpaired) electrons. The topological polar surface area (TPSA) is 149 Å². The summed E-state index contributed by atoms with van der Waals surface area (Å²) in [6, 6.07) is 5.68. The van der Waals surface area contributed by atoms with Gasteiger partial charge in [-0.15, -0.1) is 5.10 Å². The van der Waals surface area contributed by atoms with Crippen LogP contribution in [-0.2, 0) is 40.9 Å². The van der Waals surface area contributed by atoms with E-state index < -0.39 is 27.7 Å². The van der Waals surface area contributed by atoms with E-state index >= 15 is 0 Å². The summed E-state index contributed by atoms with van der Waals surface area (Å²) < 4.78 is 66.6. The molecule has 3 aromatic rings. The average molecular weight is 898 g/mol. The molecule has 2 aromatic carbocycles. The number of phenolic OH excluding ortho intramolecular Hbond substituents is 1. The number of fused-ring (bicyclic) bond motifs is 1. The number of amides is 1. The Morgan fingerprint density at radius 1 is 1.02 bits per heavy atom. The van der Waals surface area contributed by atoms with Crippen LogP contribution in [0.2, 0.25) is 0 Å². The highest BCUT2D eigenvalue weighted by Crippen LogP contribution is 2.44. The predicted octanol–water partition coefficient (Wildman–Crippen LogP) is 10.7. The normalized spacial score (nSPS) is 17.0. The largest absolute Gasteiger partial charge is 0.507 e. The SMILES string of the molecule is CC(=O)N=c1sc(S(N)(=O)=O)nn1C.CCN[C@@H](C)Cc1cccc(C(F)(F)F)c1.Cc1c(C)c2c(c(C)c1O)CC[C@@](C)(CCC[C@H](C)CCC[C@H](C)CCCC(C)C)O2. The molecule has 15 heteroatoms. The number of rotatable bonds is 17. The fourth-order valence-corrected chi connectivity index (χ4v) is 9.19. The monoisotopic (exact) mass is 898 g/mol. The van der Waals surface area contributed by atoms with Gasteiger partial charge in [0.05, 0.1) is 5.56 Å². The van der Waals surface area contributed by atoms with E-state index in [-0.39, 0.29) is 20.8 Å².